The molecule has 2 aromatic heterocycles. The molecule has 0 aliphatic carbocycles. The predicted molar refractivity (Wildman–Crippen MR) is 117 cm³/mol. The lowest BCUT2D eigenvalue weighted by Gasteiger charge is -2.35. The quantitative estimate of drug-likeness (QED) is 0.595. The van der Waals surface area contributed by atoms with Crippen molar-refractivity contribution in [1.82, 2.24) is 14.5 Å². The average Bonchev–Trinajstić information content (AvgIpc) is 3.04. The van der Waals surface area contributed by atoms with Gasteiger partial charge in [-0.05, 0) is 56.3 Å². The number of hydrogen-bond acceptors (Lipinski definition) is 4. The number of aromatic nitrogens is 2. The van der Waals surface area contributed by atoms with Crippen molar-refractivity contribution in [3.8, 4) is 5.69 Å². The topological polar surface area (TPSA) is 41.4 Å². The van der Waals surface area contributed by atoms with Gasteiger partial charge in [0, 0.05) is 60.0 Å². The van der Waals surface area contributed by atoms with Gasteiger partial charge in [0.05, 0.1) is 6.54 Å². The van der Waals surface area contributed by atoms with Gasteiger partial charge >= 0.3 is 0 Å². The highest BCUT2D eigenvalue weighted by Gasteiger charge is 2.23. The van der Waals surface area contributed by atoms with Crippen LogP contribution in [-0.4, -0.2) is 53.0 Å². The molecule has 1 fully saturated rings. The molecule has 4 rings (SSSR count). The Hall–Kier alpha value is -2.63. The van der Waals surface area contributed by atoms with Crippen LogP contribution in [0.3, 0.4) is 0 Å². The Kier molecular flexibility index (Phi) is 5.69. The first-order valence-electron chi connectivity index (χ1n) is 9.89. The third-order valence-corrected chi connectivity index (χ3v) is 5.78. The van der Waals surface area contributed by atoms with Gasteiger partial charge in [0.15, 0.2) is 5.78 Å². The molecular formula is C23H25ClN4O. The minimum absolute atomic E-state index is 0.171. The van der Waals surface area contributed by atoms with Gasteiger partial charge in [-0.3, -0.25) is 9.69 Å². The number of carbonyl (C=O) groups is 1. The van der Waals surface area contributed by atoms with Gasteiger partial charge in [-0.1, -0.05) is 17.7 Å². The number of piperazine rings is 1. The molecule has 5 nitrogen and oxygen atoms in total. The number of Topliss-reactive ketones (excluding diaryl/α,β-unsaturated/α-hetero) is 1. The van der Waals surface area contributed by atoms with Crippen molar-refractivity contribution in [2.45, 2.75) is 13.8 Å². The molecule has 0 unspecified atom stereocenters. The van der Waals surface area contributed by atoms with E-state index in [0.717, 1.165) is 54.6 Å². The predicted octanol–water partition coefficient (Wildman–Crippen LogP) is 4.15. The van der Waals surface area contributed by atoms with E-state index in [4.69, 9.17) is 11.6 Å². The summed E-state index contributed by atoms with van der Waals surface area (Å²) < 4.78 is 2.11. The normalized spacial score (nSPS) is 14.9. The van der Waals surface area contributed by atoms with Crippen molar-refractivity contribution in [1.29, 1.82) is 0 Å². The van der Waals surface area contributed by atoms with Crippen LogP contribution in [0.2, 0.25) is 5.02 Å². The molecular weight excluding hydrogens is 384 g/mol. The van der Waals surface area contributed by atoms with E-state index < -0.39 is 0 Å². The maximum atomic E-state index is 13.0. The van der Waals surface area contributed by atoms with Crippen LogP contribution in [-0.2, 0) is 0 Å². The monoisotopic (exact) mass is 408 g/mol. The van der Waals surface area contributed by atoms with Gasteiger partial charge < -0.3 is 9.47 Å². The van der Waals surface area contributed by atoms with Crippen LogP contribution in [0.5, 0.6) is 0 Å². The summed E-state index contributed by atoms with van der Waals surface area (Å²) in [6.07, 6.45) is 1.82. The number of nitrogens with zero attached hydrogens (tertiary/aromatic N) is 4. The number of rotatable bonds is 5. The molecule has 3 aromatic rings. The lowest BCUT2D eigenvalue weighted by molar-refractivity contribution is 0.0925. The smallest absolute Gasteiger partial charge is 0.178 e. The first-order valence-corrected chi connectivity index (χ1v) is 10.3. The van der Waals surface area contributed by atoms with Crippen molar-refractivity contribution >= 4 is 23.2 Å². The van der Waals surface area contributed by atoms with Crippen molar-refractivity contribution in [3.05, 3.63) is 76.7 Å². The summed E-state index contributed by atoms with van der Waals surface area (Å²) in [6.45, 7) is 7.97. The van der Waals surface area contributed by atoms with Crippen molar-refractivity contribution in [2.24, 2.45) is 0 Å². The van der Waals surface area contributed by atoms with Crippen LogP contribution in [0.25, 0.3) is 5.69 Å². The molecule has 1 aromatic carbocycles. The summed E-state index contributed by atoms with van der Waals surface area (Å²) in [4.78, 5) is 22.0. The Bertz CT molecular complexity index is 990. The molecule has 1 aliphatic heterocycles. The van der Waals surface area contributed by atoms with E-state index >= 15 is 0 Å². The Labute approximate surface area is 176 Å². The van der Waals surface area contributed by atoms with Crippen molar-refractivity contribution < 1.29 is 4.79 Å². The molecule has 0 saturated carbocycles. The standard InChI is InChI=1S/C23H25ClN4O/c1-17-15-21(18(2)28(17)20-8-6-19(24)7-9-20)22(29)16-26-11-13-27(14-12-26)23-5-3-4-10-25-23/h3-10,15H,11-14,16H2,1-2H3. The molecule has 0 spiro atoms. The van der Waals surface area contributed by atoms with E-state index in [-0.39, 0.29) is 5.78 Å². The third-order valence-electron chi connectivity index (χ3n) is 5.53. The van der Waals surface area contributed by atoms with Crippen LogP contribution in [0.15, 0.2) is 54.7 Å². The highest BCUT2D eigenvalue weighted by Crippen LogP contribution is 2.23. The van der Waals surface area contributed by atoms with E-state index in [1.165, 1.54) is 0 Å². The fourth-order valence-corrected chi connectivity index (χ4v) is 4.12. The molecule has 0 N–H and O–H groups in total. The maximum absolute atomic E-state index is 13.0. The lowest BCUT2D eigenvalue weighted by atomic mass is 10.1. The van der Waals surface area contributed by atoms with Gasteiger partial charge in [0.1, 0.15) is 5.82 Å². The Balaban J connectivity index is 1.43. The van der Waals surface area contributed by atoms with Crippen LogP contribution in [0, 0.1) is 13.8 Å². The minimum atomic E-state index is 0.171. The first kappa shape index (κ1) is 19.7. The van der Waals surface area contributed by atoms with Gasteiger partial charge in [-0.25, -0.2) is 4.98 Å². The van der Waals surface area contributed by atoms with Crippen molar-refractivity contribution in [2.75, 3.05) is 37.6 Å². The van der Waals surface area contributed by atoms with E-state index in [2.05, 4.69) is 19.4 Å². The van der Waals surface area contributed by atoms with Gasteiger partial charge in [-0.15, -0.1) is 0 Å². The molecule has 0 bridgehead atoms. The van der Waals surface area contributed by atoms with Crippen molar-refractivity contribution in [3.63, 3.8) is 0 Å². The zero-order chi connectivity index (χ0) is 20.4. The Morgan fingerprint density at radius 2 is 1.76 bits per heavy atom. The molecule has 0 amide bonds. The zero-order valence-electron chi connectivity index (χ0n) is 16.8. The second-order valence-electron chi connectivity index (χ2n) is 7.47. The second kappa shape index (κ2) is 8.39. The lowest BCUT2D eigenvalue weighted by Crippen LogP contribution is -2.48. The largest absolute Gasteiger partial charge is 0.354 e. The Morgan fingerprint density at radius 3 is 2.41 bits per heavy atom. The van der Waals surface area contributed by atoms with E-state index in [0.29, 0.717) is 11.6 Å². The molecule has 1 aliphatic rings. The molecule has 150 valence electrons. The SMILES string of the molecule is Cc1cc(C(=O)CN2CCN(c3ccccn3)CC2)c(C)n1-c1ccc(Cl)cc1. The van der Waals surface area contributed by atoms with E-state index in [9.17, 15) is 4.79 Å². The number of aryl methyl sites for hydroxylation is 1. The molecule has 29 heavy (non-hydrogen) atoms. The zero-order valence-corrected chi connectivity index (χ0v) is 17.6. The summed E-state index contributed by atoms with van der Waals surface area (Å²) in [5, 5.41) is 0.706. The third kappa shape index (κ3) is 4.21. The fraction of sp³-hybridized carbons (Fsp3) is 0.304. The first-order chi connectivity index (χ1) is 14.0. The summed E-state index contributed by atoms with van der Waals surface area (Å²) in [6, 6.07) is 15.7. The molecule has 6 heteroatoms. The maximum Gasteiger partial charge on any atom is 0.178 e. The second-order valence-corrected chi connectivity index (χ2v) is 7.91. The van der Waals surface area contributed by atoms with Gasteiger partial charge in [-0.2, -0.15) is 0 Å². The van der Waals surface area contributed by atoms with Crippen LogP contribution >= 0.6 is 11.6 Å². The molecule has 1 saturated heterocycles. The summed E-state index contributed by atoms with van der Waals surface area (Å²) in [5.74, 6) is 1.18. The number of ketones is 1. The summed E-state index contributed by atoms with van der Waals surface area (Å²) >= 11 is 6.02. The van der Waals surface area contributed by atoms with E-state index in [1.807, 2.05) is 68.6 Å². The molecule has 0 atom stereocenters. The van der Waals surface area contributed by atoms with E-state index in [1.54, 1.807) is 0 Å². The number of halogens is 1. The minimum Gasteiger partial charge on any atom is -0.354 e. The van der Waals surface area contributed by atoms with Crippen LogP contribution < -0.4 is 4.90 Å². The highest BCUT2D eigenvalue weighted by molar-refractivity contribution is 6.30. The molecule has 0 radical (unpaired) electrons. The molecule has 3 heterocycles. The van der Waals surface area contributed by atoms with Gasteiger partial charge in [0.2, 0.25) is 0 Å². The highest BCUT2D eigenvalue weighted by atomic mass is 35.5. The summed E-state index contributed by atoms with van der Waals surface area (Å²) in [5.41, 5.74) is 3.84. The number of benzene rings is 1. The number of hydrogen-bond donors (Lipinski definition) is 0. The summed E-state index contributed by atoms with van der Waals surface area (Å²) in [7, 11) is 0. The van der Waals surface area contributed by atoms with Crippen LogP contribution in [0.4, 0.5) is 5.82 Å². The Morgan fingerprint density at radius 1 is 1.03 bits per heavy atom. The average molecular weight is 409 g/mol. The number of carbonyl (C=O) groups excluding carboxylic acids is 1. The fourth-order valence-electron chi connectivity index (χ4n) is 4.00. The van der Waals surface area contributed by atoms with Crippen LogP contribution in [0.1, 0.15) is 21.7 Å². The number of pyridine rings is 1. The number of anilines is 1. The van der Waals surface area contributed by atoms with Gasteiger partial charge in [0.25, 0.3) is 0 Å².